The van der Waals surface area contributed by atoms with Gasteiger partial charge in [0.1, 0.15) is 6.10 Å². The molecule has 3 rings (SSSR count). The van der Waals surface area contributed by atoms with Crippen LogP contribution in [0.1, 0.15) is 29.6 Å². The number of fused-ring (bicyclic) bond motifs is 1. The van der Waals surface area contributed by atoms with Crippen molar-refractivity contribution in [2.24, 2.45) is 0 Å². The van der Waals surface area contributed by atoms with Crippen molar-refractivity contribution in [1.82, 2.24) is 19.9 Å². The summed E-state index contributed by atoms with van der Waals surface area (Å²) in [5.74, 6) is -0.754. The lowest BCUT2D eigenvalue weighted by Gasteiger charge is -2.31. The first-order chi connectivity index (χ1) is 13.8. The van der Waals surface area contributed by atoms with Gasteiger partial charge in [-0.15, -0.1) is 0 Å². The molecule has 1 N–H and O–H groups in total. The van der Waals surface area contributed by atoms with Crippen LogP contribution in [0.25, 0.3) is 11.0 Å². The van der Waals surface area contributed by atoms with Crippen LogP contribution in [0.15, 0.2) is 37.2 Å². The molecular formula is C19H21F3N4O3. The topological polar surface area (TPSA) is 76.5 Å². The minimum atomic E-state index is -4.34. The van der Waals surface area contributed by atoms with Crippen molar-refractivity contribution in [3.8, 4) is 0 Å². The Morgan fingerprint density at radius 3 is 2.72 bits per heavy atom. The van der Waals surface area contributed by atoms with Gasteiger partial charge < -0.3 is 15.1 Å². The SMILES string of the molecule is C=CC(=O)N1CCC(On2cc(C(=O)NCCC(F)(F)F)c3cccnc32)CC1. The maximum atomic E-state index is 12.4. The summed E-state index contributed by atoms with van der Waals surface area (Å²) in [6, 6.07) is 3.30. The van der Waals surface area contributed by atoms with Gasteiger partial charge in [0, 0.05) is 44.1 Å². The highest BCUT2D eigenvalue weighted by Gasteiger charge is 2.28. The summed E-state index contributed by atoms with van der Waals surface area (Å²) in [4.78, 5) is 35.9. The maximum absolute atomic E-state index is 12.4. The van der Waals surface area contributed by atoms with Gasteiger partial charge in [0.15, 0.2) is 5.65 Å². The largest absolute Gasteiger partial charge is 0.409 e. The third-order valence-corrected chi connectivity index (χ3v) is 4.66. The summed E-state index contributed by atoms with van der Waals surface area (Å²) in [6.07, 6.45) is -0.197. The molecule has 0 atom stereocenters. The summed E-state index contributed by atoms with van der Waals surface area (Å²) in [5, 5.41) is 2.76. The van der Waals surface area contributed by atoms with Gasteiger partial charge in [-0.25, -0.2) is 4.98 Å². The van der Waals surface area contributed by atoms with Gasteiger partial charge >= 0.3 is 6.18 Å². The number of amides is 2. The fourth-order valence-corrected chi connectivity index (χ4v) is 3.18. The van der Waals surface area contributed by atoms with Crippen LogP contribution in [0.5, 0.6) is 0 Å². The van der Waals surface area contributed by atoms with Gasteiger partial charge in [-0.2, -0.15) is 17.9 Å². The molecule has 0 spiro atoms. The second-order valence-corrected chi connectivity index (χ2v) is 6.70. The molecule has 2 aromatic rings. The van der Waals surface area contributed by atoms with Gasteiger partial charge in [-0.3, -0.25) is 9.59 Å². The van der Waals surface area contributed by atoms with Crippen molar-refractivity contribution in [2.75, 3.05) is 19.6 Å². The molecule has 2 amide bonds. The van der Waals surface area contributed by atoms with E-state index in [2.05, 4.69) is 16.9 Å². The lowest BCUT2D eigenvalue weighted by atomic mass is 10.1. The molecular weight excluding hydrogens is 389 g/mol. The number of hydrogen-bond acceptors (Lipinski definition) is 4. The van der Waals surface area contributed by atoms with E-state index in [-0.39, 0.29) is 17.6 Å². The van der Waals surface area contributed by atoms with E-state index in [1.807, 2.05) is 0 Å². The van der Waals surface area contributed by atoms with Crippen molar-refractivity contribution in [1.29, 1.82) is 0 Å². The van der Waals surface area contributed by atoms with E-state index in [1.165, 1.54) is 17.0 Å². The molecule has 29 heavy (non-hydrogen) atoms. The number of piperidine rings is 1. The predicted octanol–water partition coefficient (Wildman–Crippen LogP) is 2.32. The molecule has 1 aliphatic rings. The summed E-state index contributed by atoms with van der Waals surface area (Å²) in [7, 11) is 0. The number of alkyl halides is 3. The zero-order valence-electron chi connectivity index (χ0n) is 15.6. The van der Waals surface area contributed by atoms with E-state index in [1.54, 1.807) is 23.2 Å². The number of carbonyl (C=O) groups excluding carboxylic acids is 2. The molecule has 0 aliphatic carbocycles. The molecule has 7 nitrogen and oxygen atoms in total. The second kappa shape index (κ2) is 8.54. The van der Waals surface area contributed by atoms with Gasteiger partial charge in [-0.05, 0) is 18.2 Å². The Morgan fingerprint density at radius 1 is 1.34 bits per heavy atom. The Labute approximate surface area is 165 Å². The van der Waals surface area contributed by atoms with E-state index in [4.69, 9.17) is 4.84 Å². The average Bonchev–Trinajstić information content (AvgIpc) is 3.05. The Kier molecular flexibility index (Phi) is 6.09. The minimum Gasteiger partial charge on any atom is -0.409 e. The highest BCUT2D eigenvalue weighted by Crippen LogP contribution is 2.22. The first-order valence-electron chi connectivity index (χ1n) is 9.18. The highest BCUT2D eigenvalue weighted by atomic mass is 19.4. The summed E-state index contributed by atoms with van der Waals surface area (Å²) < 4.78 is 38.3. The first kappa shape index (κ1) is 20.7. The molecule has 156 valence electrons. The molecule has 1 fully saturated rings. The van der Waals surface area contributed by atoms with E-state index in [0.29, 0.717) is 37.0 Å². The zero-order valence-corrected chi connectivity index (χ0v) is 15.6. The number of pyridine rings is 1. The van der Waals surface area contributed by atoms with Gasteiger partial charge in [0.2, 0.25) is 5.91 Å². The van der Waals surface area contributed by atoms with Crippen molar-refractivity contribution < 1.29 is 27.6 Å². The zero-order chi connectivity index (χ0) is 21.0. The lowest BCUT2D eigenvalue weighted by Crippen LogP contribution is -2.42. The molecule has 0 radical (unpaired) electrons. The van der Waals surface area contributed by atoms with Gasteiger partial charge in [-0.1, -0.05) is 6.58 Å². The third-order valence-electron chi connectivity index (χ3n) is 4.66. The standard InChI is InChI=1S/C19H21F3N4O3/c1-2-16(27)25-10-5-13(6-11-25)29-26-12-15(14-4-3-8-23-17(14)26)18(28)24-9-7-19(20,21)22/h2-4,8,12-13H,1,5-7,9-11H2,(H,24,28). The summed E-state index contributed by atoms with van der Waals surface area (Å²) in [5.41, 5.74) is 0.590. The van der Waals surface area contributed by atoms with Crippen LogP contribution < -0.4 is 10.2 Å². The number of likely N-dealkylation sites (tertiary alicyclic amines) is 1. The highest BCUT2D eigenvalue weighted by molar-refractivity contribution is 6.06. The summed E-state index contributed by atoms with van der Waals surface area (Å²) in [6.45, 7) is 4.01. The van der Waals surface area contributed by atoms with Crippen LogP contribution >= 0.6 is 0 Å². The molecule has 3 heterocycles. The van der Waals surface area contributed by atoms with E-state index in [9.17, 15) is 22.8 Å². The molecule has 0 saturated carbocycles. The smallest absolute Gasteiger partial charge is 0.390 e. The molecule has 0 aromatic carbocycles. The van der Waals surface area contributed by atoms with E-state index >= 15 is 0 Å². The molecule has 2 aromatic heterocycles. The van der Waals surface area contributed by atoms with E-state index < -0.39 is 25.0 Å². The number of nitrogens with zero attached hydrogens (tertiary/aromatic N) is 3. The Morgan fingerprint density at radius 2 is 2.07 bits per heavy atom. The van der Waals surface area contributed by atoms with E-state index in [0.717, 1.165) is 0 Å². The van der Waals surface area contributed by atoms with Crippen LogP contribution in [-0.2, 0) is 4.79 Å². The fourth-order valence-electron chi connectivity index (χ4n) is 3.18. The average molecular weight is 410 g/mol. The van der Waals surface area contributed by atoms with Crippen LogP contribution in [-0.4, -0.2) is 58.3 Å². The number of nitrogens with one attached hydrogen (secondary N) is 1. The lowest BCUT2D eigenvalue weighted by molar-refractivity contribution is -0.133. The number of halogens is 3. The van der Waals surface area contributed by atoms with Gasteiger partial charge in [0.25, 0.3) is 5.91 Å². The normalized spacial score (nSPS) is 15.3. The van der Waals surface area contributed by atoms with Crippen LogP contribution in [0.4, 0.5) is 13.2 Å². The molecule has 1 saturated heterocycles. The quantitative estimate of drug-likeness (QED) is 0.742. The number of aromatic nitrogens is 2. The fraction of sp³-hybridized carbons (Fsp3) is 0.421. The Bertz CT molecular complexity index is 902. The molecule has 1 aliphatic heterocycles. The minimum absolute atomic E-state index is 0.130. The van der Waals surface area contributed by atoms with Crippen molar-refractivity contribution in [2.45, 2.75) is 31.5 Å². The van der Waals surface area contributed by atoms with Crippen molar-refractivity contribution in [3.05, 3.63) is 42.7 Å². The van der Waals surface area contributed by atoms with Gasteiger partial charge in [0.05, 0.1) is 18.2 Å². The molecule has 10 heteroatoms. The van der Waals surface area contributed by atoms with Crippen molar-refractivity contribution >= 4 is 22.8 Å². The number of hydrogen-bond donors (Lipinski definition) is 1. The van der Waals surface area contributed by atoms with Crippen LogP contribution in [0.3, 0.4) is 0 Å². The second-order valence-electron chi connectivity index (χ2n) is 6.70. The van der Waals surface area contributed by atoms with Crippen LogP contribution in [0, 0.1) is 0 Å². The first-order valence-corrected chi connectivity index (χ1v) is 9.18. The predicted molar refractivity (Wildman–Crippen MR) is 99.1 cm³/mol. The third kappa shape index (κ3) is 5.07. The maximum Gasteiger partial charge on any atom is 0.390 e. The Hall–Kier alpha value is -3.04. The monoisotopic (exact) mass is 410 g/mol. The Balaban J connectivity index is 1.70. The number of rotatable bonds is 6. The molecule has 0 unspecified atom stereocenters. The van der Waals surface area contributed by atoms with Crippen LogP contribution in [0.2, 0.25) is 0 Å². The summed E-state index contributed by atoms with van der Waals surface area (Å²) >= 11 is 0. The molecule has 0 bridgehead atoms. The number of carbonyl (C=O) groups is 2. The van der Waals surface area contributed by atoms with Crippen molar-refractivity contribution in [3.63, 3.8) is 0 Å².